The van der Waals surface area contributed by atoms with Crippen LogP contribution in [0, 0.1) is 0 Å². The van der Waals surface area contributed by atoms with Gasteiger partial charge in [0.05, 0.1) is 18.2 Å². The van der Waals surface area contributed by atoms with Crippen molar-refractivity contribution in [2.45, 2.75) is 38.7 Å². The van der Waals surface area contributed by atoms with Crippen molar-refractivity contribution in [2.24, 2.45) is 0 Å². The van der Waals surface area contributed by atoms with E-state index in [1.165, 1.54) is 6.20 Å². The molecule has 0 aliphatic heterocycles. The van der Waals surface area contributed by atoms with Gasteiger partial charge in [-0.2, -0.15) is 0 Å². The molecule has 0 spiro atoms. The molecule has 1 aromatic heterocycles. The third-order valence-electron chi connectivity index (χ3n) is 2.37. The Morgan fingerprint density at radius 1 is 1.56 bits per heavy atom. The smallest absolute Gasteiger partial charge is 0.341 e. The average Bonchev–Trinajstić information content (AvgIpc) is 2.38. The number of aromatic nitrogens is 2. The van der Waals surface area contributed by atoms with Crippen molar-refractivity contribution >= 4 is 17.6 Å². The highest BCUT2D eigenvalue weighted by Crippen LogP contribution is 2.17. The second kappa shape index (κ2) is 7.28. The molecule has 5 nitrogen and oxygen atoms in total. The van der Waals surface area contributed by atoms with Gasteiger partial charge in [-0.05, 0) is 13.3 Å². The van der Waals surface area contributed by atoms with Crippen LogP contribution in [0.4, 0.5) is 0 Å². The van der Waals surface area contributed by atoms with Crippen LogP contribution < -0.4 is 0 Å². The quantitative estimate of drug-likeness (QED) is 0.635. The number of hydrogen-bond acceptors (Lipinski definition) is 5. The maximum atomic E-state index is 11.6. The first-order valence-electron chi connectivity index (χ1n) is 5.90. The van der Waals surface area contributed by atoms with Gasteiger partial charge < -0.3 is 9.84 Å². The molecule has 0 bridgehead atoms. The van der Waals surface area contributed by atoms with E-state index in [-0.39, 0.29) is 18.1 Å². The number of ether oxygens (including phenoxy) is 1. The topological polar surface area (TPSA) is 72.3 Å². The molecule has 0 aliphatic rings. The summed E-state index contributed by atoms with van der Waals surface area (Å²) in [5, 5.41) is 9.79. The van der Waals surface area contributed by atoms with Gasteiger partial charge in [0.1, 0.15) is 11.7 Å². The fourth-order valence-corrected chi connectivity index (χ4v) is 1.68. The number of esters is 1. The molecule has 0 unspecified atom stereocenters. The molecule has 6 heteroatoms. The van der Waals surface area contributed by atoms with Crippen molar-refractivity contribution in [2.75, 3.05) is 6.61 Å². The standard InChI is InChI=1S/C12H17ClN2O3/c1-3-5-10(16)11-14-7-8(9(6-13)15-11)12(17)18-4-2/h7,10,16H,3-6H2,1-2H3/t10-/m1/s1. The first-order valence-corrected chi connectivity index (χ1v) is 6.44. The Hall–Kier alpha value is -1.20. The maximum Gasteiger partial charge on any atom is 0.341 e. The minimum atomic E-state index is -0.729. The summed E-state index contributed by atoms with van der Waals surface area (Å²) in [6.07, 6.45) is 2.02. The van der Waals surface area contributed by atoms with Gasteiger partial charge in [-0.25, -0.2) is 14.8 Å². The predicted molar refractivity (Wildman–Crippen MR) is 67.4 cm³/mol. The molecular formula is C12H17ClN2O3. The Morgan fingerprint density at radius 3 is 2.83 bits per heavy atom. The fourth-order valence-electron chi connectivity index (χ4n) is 1.48. The van der Waals surface area contributed by atoms with Crippen LogP contribution in [0.5, 0.6) is 0 Å². The summed E-state index contributed by atoms with van der Waals surface area (Å²) in [6.45, 7) is 3.96. The summed E-state index contributed by atoms with van der Waals surface area (Å²) in [5.74, 6) is -0.132. The molecule has 0 fully saturated rings. The van der Waals surface area contributed by atoms with Crippen LogP contribution in [0.3, 0.4) is 0 Å². The van der Waals surface area contributed by atoms with Crippen LogP contribution in [0.15, 0.2) is 6.20 Å². The van der Waals surface area contributed by atoms with Crippen molar-refractivity contribution in [3.8, 4) is 0 Å². The van der Waals surface area contributed by atoms with E-state index in [1.807, 2.05) is 6.92 Å². The molecule has 1 atom stereocenters. The molecule has 0 aliphatic carbocycles. The van der Waals surface area contributed by atoms with E-state index in [1.54, 1.807) is 6.92 Å². The third-order valence-corrected chi connectivity index (χ3v) is 2.62. The molecule has 0 aromatic carbocycles. The average molecular weight is 273 g/mol. The summed E-state index contributed by atoms with van der Waals surface area (Å²) in [4.78, 5) is 19.7. The number of carbonyl (C=O) groups excluding carboxylic acids is 1. The van der Waals surface area contributed by atoms with Crippen LogP contribution in [-0.2, 0) is 10.6 Å². The Bertz CT molecular complexity index is 412. The van der Waals surface area contributed by atoms with E-state index in [0.29, 0.717) is 17.9 Å². The Morgan fingerprint density at radius 2 is 2.28 bits per heavy atom. The first kappa shape index (κ1) is 14.9. The monoisotopic (exact) mass is 272 g/mol. The molecule has 0 saturated carbocycles. The Balaban J connectivity index is 2.99. The highest BCUT2D eigenvalue weighted by atomic mass is 35.5. The SMILES string of the molecule is CCC[C@@H](O)c1ncc(C(=O)OCC)c(CCl)n1. The molecule has 0 amide bonds. The molecule has 0 radical (unpaired) electrons. The maximum absolute atomic E-state index is 11.6. The number of hydrogen-bond donors (Lipinski definition) is 1. The third kappa shape index (κ3) is 3.65. The van der Waals surface area contributed by atoms with Gasteiger partial charge in [0.2, 0.25) is 0 Å². The van der Waals surface area contributed by atoms with Gasteiger partial charge >= 0.3 is 5.97 Å². The van der Waals surface area contributed by atoms with Crippen LogP contribution in [0.25, 0.3) is 0 Å². The van der Waals surface area contributed by atoms with E-state index in [9.17, 15) is 9.90 Å². The number of nitrogens with zero attached hydrogens (tertiary/aromatic N) is 2. The molecule has 1 N–H and O–H groups in total. The highest BCUT2D eigenvalue weighted by molar-refractivity contribution is 6.17. The molecule has 1 aromatic rings. The summed E-state index contributed by atoms with van der Waals surface area (Å²) in [7, 11) is 0. The lowest BCUT2D eigenvalue weighted by molar-refractivity contribution is 0.0523. The van der Waals surface area contributed by atoms with Crippen LogP contribution in [0.2, 0.25) is 0 Å². The van der Waals surface area contributed by atoms with Crippen molar-refractivity contribution < 1.29 is 14.6 Å². The summed E-state index contributed by atoms with van der Waals surface area (Å²) >= 11 is 5.75. The van der Waals surface area contributed by atoms with Gasteiger partial charge in [0.15, 0.2) is 5.82 Å². The number of carbonyl (C=O) groups is 1. The second-order valence-corrected chi connectivity index (χ2v) is 4.01. The number of alkyl halides is 1. The van der Waals surface area contributed by atoms with E-state index in [4.69, 9.17) is 16.3 Å². The largest absolute Gasteiger partial charge is 0.462 e. The minimum absolute atomic E-state index is 0.0719. The van der Waals surface area contributed by atoms with E-state index in [0.717, 1.165) is 6.42 Å². The number of halogens is 1. The van der Waals surface area contributed by atoms with Crippen molar-refractivity contribution in [1.29, 1.82) is 0 Å². The zero-order valence-electron chi connectivity index (χ0n) is 10.5. The molecule has 1 heterocycles. The summed E-state index contributed by atoms with van der Waals surface area (Å²) in [6, 6.07) is 0. The number of rotatable bonds is 6. The van der Waals surface area contributed by atoms with Crippen LogP contribution >= 0.6 is 11.6 Å². The first-order chi connectivity index (χ1) is 8.63. The highest BCUT2D eigenvalue weighted by Gasteiger charge is 2.17. The fraction of sp³-hybridized carbons (Fsp3) is 0.583. The summed E-state index contributed by atoms with van der Waals surface area (Å²) < 4.78 is 4.88. The van der Waals surface area contributed by atoms with Gasteiger partial charge in [-0.1, -0.05) is 13.3 Å². The lowest BCUT2D eigenvalue weighted by atomic mass is 10.2. The number of aliphatic hydroxyl groups excluding tert-OH is 1. The van der Waals surface area contributed by atoms with Crippen LogP contribution in [0.1, 0.15) is 54.7 Å². The van der Waals surface area contributed by atoms with Crippen LogP contribution in [-0.4, -0.2) is 27.7 Å². The van der Waals surface area contributed by atoms with Gasteiger partial charge in [-0.3, -0.25) is 0 Å². The second-order valence-electron chi connectivity index (χ2n) is 3.75. The Labute approximate surface area is 111 Å². The van der Waals surface area contributed by atoms with Crippen molar-refractivity contribution in [3.05, 3.63) is 23.3 Å². The lowest BCUT2D eigenvalue weighted by Crippen LogP contribution is -2.13. The molecule has 1 rings (SSSR count). The minimum Gasteiger partial charge on any atom is -0.462 e. The van der Waals surface area contributed by atoms with E-state index < -0.39 is 12.1 Å². The van der Waals surface area contributed by atoms with E-state index >= 15 is 0 Å². The zero-order valence-corrected chi connectivity index (χ0v) is 11.3. The Kier molecular flexibility index (Phi) is 6.01. The van der Waals surface area contributed by atoms with Gasteiger partial charge in [-0.15, -0.1) is 11.6 Å². The van der Waals surface area contributed by atoms with Gasteiger partial charge in [0.25, 0.3) is 0 Å². The molecule has 100 valence electrons. The van der Waals surface area contributed by atoms with Crippen molar-refractivity contribution in [3.63, 3.8) is 0 Å². The number of aliphatic hydroxyl groups is 1. The molecular weight excluding hydrogens is 256 g/mol. The summed E-state index contributed by atoms with van der Waals surface area (Å²) in [5.41, 5.74) is 0.634. The molecule has 18 heavy (non-hydrogen) atoms. The lowest BCUT2D eigenvalue weighted by Gasteiger charge is -2.11. The zero-order chi connectivity index (χ0) is 13.5. The predicted octanol–water partition coefficient (Wildman–Crippen LogP) is 2.23. The van der Waals surface area contributed by atoms with E-state index in [2.05, 4.69) is 9.97 Å². The van der Waals surface area contributed by atoms with Crippen molar-refractivity contribution in [1.82, 2.24) is 9.97 Å². The normalized spacial score (nSPS) is 12.2. The van der Waals surface area contributed by atoms with Gasteiger partial charge in [0, 0.05) is 6.20 Å². The molecule has 0 saturated heterocycles.